The van der Waals surface area contributed by atoms with Crippen molar-refractivity contribution >= 4 is 5.82 Å². The lowest BCUT2D eigenvalue weighted by Gasteiger charge is -2.27. The van der Waals surface area contributed by atoms with E-state index in [-0.39, 0.29) is 0 Å². The minimum atomic E-state index is 0.320. The summed E-state index contributed by atoms with van der Waals surface area (Å²) in [5.74, 6) is 1.55. The van der Waals surface area contributed by atoms with Gasteiger partial charge in [-0.1, -0.05) is 20.8 Å². The minimum Gasteiger partial charge on any atom is -0.355 e. The Morgan fingerprint density at radius 1 is 1.37 bits per heavy atom. The summed E-state index contributed by atoms with van der Waals surface area (Å²) in [5, 5.41) is 9.36. The lowest BCUT2D eigenvalue weighted by Crippen LogP contribution is -2.27. The Morgan fingerprint density at radius 3 is 2.58 bits per heavy atom. The number of anilines is 1. The van der Waals surface area contributed by atoms with Gasteiger partial charge in [-0.2, -0.15) is 5.26 Å². The summed E-state index contributed by atoms with van der Waals surface area (Å²) in [4.78, 5) is 6.89. The van der Waals surface area contributed by atoms with Gasteiger partial charge in [-0.05, 0) is 43.2 Å². The third-order valence-corrected chi connectivity index (χ3v) is 4.15. The van der Waals surface area contributed by atoms with E-state index in [2.05, 4.69) is 36.7 Å². The topological polar surface area (TPSA) is 39.9 Å². The number of aromatic nitrogens is 1. The molecule has 2 heterocycles. The zero-order chi connectivity index (χ0) is 14.2. The van der Waals surface area contributed by atoms with Crippen LogP contribution in [0.3, 0.4) is 0 Å². The molecule has 1 fully saturated rings. The maximum Gasteiger partial charge on any atom is 0.147 e. The molecule has 102 valence electrons. The molecule has 0 spiro atoms. The highest BCUT2D eigenvalue weighted by Gasteiger charge is 2.33. The van der Waals surface area contributed by atoms with Crippen LogP contribution in [0.25, 0.3) is 0 Å². The second-order valence-corrected chi connectivity index (χ2v) is 6.69. The van der Waals surface area contributed by atoms with Crippen LogP contribution in [0.15, 0.2) is 6.07 Å². The molecule has 3 heteroatoms. The average molecular weight is 257 g/mol. The van der Waals surface area contributed by atoms with Gasteiger partial charge in [0.1, 0.15) is 11.9 Å². The molecule has 2 rings (SSSR count). The zero-order valence-electron chi connectivity index (χ0n) is 12.6. The van der Waals surface area contributed by atoms with Crippen LogP contribution in [0, 0.1) is 36.5 Å². The standard InChI is InChI=1S/C16H23N3/c1-11-8-12(2)18-15(14(11)9-17)19-7-6-13(10-19)16(3,4)5/h8,13H,6-7,10H2,1-5H3. The highest BCUT2D eigenvalue weighted by atomic mass is 15.2. The first kappa shape index (κ1) is 13.9. The van der Waals surface area contributed by atoms with Crippen molar-refractivity contribution in [1.82, 2.24) is 4.98 Å². The number of aryl methyl sites for hydroxylation is 2. The van der Waals surface area contributed by atoms with Crippen molar-refractivity contribution in [3.05, 3.63) is 22.9 Å². The smallest absolute Gasteiger partial charge is 0.147 e. The Labute approximate surface area is 116 Å². The average Bonchev–Trinajstić information content (AvgIpc) is 2.76. The lowest BCUT2D eigenvalue weighted by atomic mass is 9.80. The van der Waals surface area contributed by atoms with Crippen LogP contribution in [0.1, 0.15) is 44.0 Å². The monoisotopic (exact) mass is 257 g/mol. The van der Waals surface area contributed by atoms with E-state index in [1.807, 2.05) is 19.9 Å². The minimum absolute atomic E-state index is 0.320. The van der Waals surface area contributed by atoms with Crippen molar-refractivity contribution < 1.29 is 0 Å². The van der Waals surface area contributed by atoms with E-state index in [0.717, 1.165) is 35.7 Å². The van der Waals surface area contributed by atoms with Gasteiger partial charge in [-0.15, -0.1) is 0 Å². The van der Waals surface area contributed by atoms with E-state index in [0.29, 0.717) is 11.3 Å². The molecule has 19 heavy (non-hydrogen) atoms. The van der Waals surface area contributed by atoms with Crippen molar-refractivity contribution in [2.24, 2.45) is 11.3 Å². The van der Waals surface area contributed by atoms with Gasteiger partial charge in [-0.25, -0.2) is 4.98 Å². The first-order chi connectivity index (χ1) is 8.82. The fraction of sp³-hybridized carbons (Fsp3) is 0.625. The third kappa shape index (κ3) is 2.73. The van der Waals surface area contributed by atoms with Gasteiger partial charge in [0.05, 0.1) is 5.56 Å². The third-order valence-electron chi connectivity index (χ3n) is 4.15. The van der Waals surface area contributed by atoms with Gasteiger partial charge in [0.2, 0.25) is 0 Å². The summed E-state index contributed by atoms with van der Waals surface area (Å²) in [7, 11) is 0. The molecule has 0 aromatic carbocycles. The molecule has 0 aliphatic carbocycles. The molecule has 1 saturated heterocycles. The quantitative estimate of drug-likeness (QED) is 0.773. The Balaban J connectivity index is 2.32. The van der Waals surface area contributed by atoms with Crippen LogP contribution in [-0.2, 0) is 0 Å². The van der Waals surface area contributed by atoms with Crippen LogP contribution in [0.4, 0.5) is 5.82 Å². The van der Waals surface area contributed by atoms with E-state index in [1.54, 1.807) is 0 Å². The van der Waals surface area contributed by atoms with Gasteiger partial charge in [-0.3, -0.25) is 0 Å². The van der Waals surface area contributed by atoms with E-state index in [1.165, 1.54) is 6.42 Å². The van der Waals surface area contributed by atoms with Crippen molar-refractivity contribution in [3.63, 3.8) is 0 Å². The summed E-state index contributed by atoms with van der Waals surface area (Å²) in [6, 6.07) is 4.30. The zero-order valence-corrected chi connectivity index (χ0v) is 12.6. The van der Waals surface area contributed by atoms with Crippen LogP contribution in [0.5, 0.6) is 0 Å². The summed E-state index contributed by atoms with van der Waals surface area (Å²) in [6.45, 7) is 12.9. The van der Waals surface area contributed by atoms with Crippen LogP contribution >= 0.6 is 0 Å². The molecule has 3 nitrogen and oxygen atoms in total. The largest absolute Gasteiger partial charge is 0.355 e. The number of pyridine rings is 1. The second-order valence-electron chi connectivity index (χ2n) is 6.69. The fourth-order valence-electron chi connectivity index (χ4n) is 2.84. The Kier molecular flexibility index (Phi) is 3.54. The van der Waals surface area contributed by atoms with E-state index >= 15 is 0 Å². The first-order valence-electron chi connectivity index (χ1n) is 6.96. The summed E-state index contributed by atoms with van der Waals surface area (Å²) < 4.78 is 0. The maximum absolute atomic E-state index is 9.36. The van der Waals surface area contributed by atoms with Crippen LogP contribution in [0.2, 0.25) is 0 Å². The summed E-state index contributed by atoms with van der Waals surface area (Å²) in [6.07, 6.45) is 1.18. The molecule has 1 aliphatic heterocycles. The molecule has 1 atom stereocenters. The number of hydrogen-bond acceptors (Lipinski definition) is 3. The van der Waals surface area contributed by atoms with Gasteiger partial charge >= 0.3 is 0 Å². The molecule has 0 saturated carbocycles. The molecule has 1 aromatic rings. The van der Waals surface area contributed by atoms with Crippen LogP contribution < -0.4 is 4.90 Å². The van der Waals surface area contributed by atoms with E-state index < -0.39 is 0 Å². The van der Waals surface area contributed by atoms with Gasteiger partial charge in [0, 0.05) is 18.8 Å². The number of hydrogen-bond donors (Lipinski definition) is 0. The molecular weight excluding hydrogens is 234 g/mol. The summed E-state index contributed by atoms with van der Waals surface area (Å²) >= 11 is 0. The molecule has 0 N–H and O–H groups in total. The van der Waals surface area contributed by atoms with E-state index in [9.17, 15) is 5.26 Å². The predicted octanol–water partition coefficient (Wildman–Crippen LogP) is 3.44. The van der Waals surface area contributed by atoms with Crippen LogP contribution in [-0.4, -0.2) is 18.1 Å². The van der Waals surface area contributed by atoms with E-state index in [4.69, 9.17) is 0 Å². The first-order valence-corrected chi connectivity index (χ1v) is 6.96. The molecule has 1 aliphatic rings. The Morgan fingerprint density at radius 2 is 2.05 bits per heavy atom. The predicted molar refractivity (Wildman–Crippen MR) is 78.2 cm³/mol. The molecule has 0 bridgehead atoms. The highest BCUT2D eigenvalue weighted by Crippen LogP contribution is 2.36. The number of rotatable bonds is 1. The van der Waals surface area contributed by atoms with Gasteiger partial charge in [0.25, 0.3) is 0 Å². The molecule has 0 radical (unpaired) electrons. The van der Waals surface area contributed by atoms with Gasteiger partial charge in [0.15, 0.2) is 0 Å². The SMILES string of the molecule is Cc1cc(C)c(C#N)c(N2CCC(C(C)(C)C)C2)n1. The van der Waals surface area contributed by atoms with Gasteiger partial charge < -0.3 is 4.90 Å². The summed E-state index contributed by atoms with van der Waals surface area (Å²) in [5.41, 5.74) is 3.08. The van der Waals surface area contributed by atoms with Crippen molar-refractivity contribution in [2.45, 2.75) is 41.0 Å². The van der Waals surface area contributed by atoms with Crippen molar-refractivity contribution in [3.8, 4) is 6.07 Å². The lowest BCUT2D eigenvalue weighted by molar-refractivity contribution is 0.263. The molecule has 1 unspecified atom stereocenters. The van der Waals surface area contributed by atoms with Crippen molar-refractivity contribution in [1.29, 1.82) is 5.26 Å². The Hall–Kier alpha value is -1.56. The molecular formula is C16H23N3. The normalized spacial score (nSPS) is 19.6. The highest BCUT2D eigenvalue weighted by molar-refractivity contribution is 5.58. The van der Waals surface area contributed by atoms with Crippen molar-refractivity contribution in [2.75, 3.05) is 18.0 Å². The number of nitrogens with zero attached hydrogens (tertiary/aromatic N) is 3. The molecule has 0 amide bonds. The molecule has 1 aromatic heterocycles. The number of nitriles is 1. The maximum atomic E-state index is 9.36. The second kappa shape index (κ2) is 4.85. The Bertz CT molecular complexity index is 520. The fourth-order valence-corrected chi connectivity index (χ4v) is 2.84.